The lowest BCUT2D eigenvalue weighted by atomic mass is 10.2. The molecule has 0 spiro atoms. The fourth-order valence-electron chi connectivity index (χ4n) is 1.49. The van der Waals surface area contributed by atoms with Crippen LogP contribution in [0.3, 0.4) is 0 Å². The Morgan fingerprint density at radius 1 is 1.44 bits per heavy atom. The molecule has 0 aromatic heterocycles. The summed E-state index contributed by atoms with van der Waals surface area (Å²) < 4.78 is 13.1. The Kier molecular flexibility index (Phi) is 3.40. The highest BCUT2D eigenvalue weighted by Crippen LogP contribution is 2.27. The van der Waals surface area contributed by atoms with Crippen molar-refractivity contribution in [2.45, 2.75) is 12.8 Å². The molecule has 2 rings (SSSR count). The van der Waals surface area contributed by atoms with Crippen molar-refractivity contribution in [3.05, 3.63) is 34.1 Å². The smallest absolute Gasteiger partial charge is 0.319 e. The van der Waals surface area contributed by atoms with Crippen LogP contribution in [0, 0.1) is 21.8 Å². The molecule has 1 aromatic carbocycles. The van der Waals surface area contributed by atoms with Gasteiger partial charge in [0.05, 0.1) is 16.7 Å². The molecule has 0 radical (unpaired) electrons. The van der Waals surface area contributed by atoms with E-state index in [2.05, 4.69) is 10.6 Å². The molecule has 0 aliphatic heterocycles. The second kappa shape index (κ2) is 4.99. The van der Waals surface area contributed by atoms with E-state index < -0.39 is 22.5 Å². The number of nitro groups is 1. The average molecular weight is 253 g/mol. The molecule has 0 unspecified atom stereocenters. The quantitative estimate of drug-likeness (QED) is 0.637. The zero-order valence-corrected chi connectivity index (χ0v) is 9.48. The number of benzene rings is 1. The third-order valence-electron chi connectivity index (χ3n) is 2.60. The summed E-state index contributed by atoms with van der Waals surface area (Å²) in [5, 5.41) is 15.5. The van der Waals surface area contributed by atoms with Gasteiger partial charge in [0.2, 0.25) is 0 Å². The Balaban J connectivity index is 1.98. The molecule has 0 saturated heterocycles. The van der Waals surface area contributed by atoms with E-state index in [9.17, 15) is 19.3 Å². The maximum atomic E-state index is 13.1. The average Bonchev–Trinajstić information content (AvgIpc) is 3.09. The monoisotopic (exact) mass is 253 g/mol. The highest BCUT2D eigenvalue weighted by atomic mass is 19.1. The second-order valence-electron chi connectivity index (χ2n) is 4.23. The van der Waals surface area contributed by atoms with Crippen LogP contribution >= 0.6 is 0 Å². The summed E-state index contributed by atoms with van der Waals surface area (Å²) in [5.41, 5.74) is -0.331. The molecule has 1 aliphatic carbocycles. The van der Waals surface area contributed by atoms with Gasteiger partial charge in [0, 0.05) is 12.6 Å². The van der Waals surface area contributed by atoms with Crippen LogP contribution in [-0.2, 0) is 0 Å². The molecular formula is C11H12FN3O3. The van der Waals surface area contributed by atoms with Crippen molar-refractivity contribution in [3.8, 4) is 0 Å². The number of halogens is 1. The number of amides is 2. The van der Waals surface area contributed by atoms with Crippen molar-refractivity contribution in [1.29, 1.82) is 0 Å². The summed E-state index contributed by atoms with van der Waals surface area (Å²) in [4.78, 5) is 21.2. The van der Waals surface area contributed by atoms with Gasteiger partial charge in [0.25, 0.3) is 5.69 Å². The molecule has 0 bridgehead atoms. The number of carbonyl (C=O) groups is 1. The number of hydrogen-bond donors (Lipinski definition) is 2. The Hall–Kier alpha value is -2.18. The number of non-ortho nitro benzene ring substituents is 1. The zero-order valence-electron chi connectivity index (χ0n) is 9.48. The third-order valence-corrected chi connectivity index (χ3v) is 2.60. The minimum atomic E-state index is -0.762. The van der Waals surface area contributed by atoms with Gasteiger partial charge >= 0.3 is 6.03 Å². The Labute approximate surface area is 102 Å². The largest absolute Gasteiger partial charge is 0.338 e. The Morgan fingerprint density at radius 2 is 2.17 bits per heavy atom. The summed E-state index contributed by atoms with van der Waals surface area (Å²) in [6, 6.07) is 2.46. The van der Waals surface area contributed by atoms with Gasteiger partial charge in [-0.1, -0.05) is 0 Å². The first-order chi connectivity index (χ1) is 8.54. The minimum Gasteiger partial charge on any atom is -0.338 e. The Morgan fingerprint density at radius 3 is 2.78 bits per heavy atom. The maximum Gasteiger partial charge on any atom is 0.319 e. The molecule has 1 saturated carbocycles. The number of nitro benzene ring substituents is 1. The third kappa shape index (κ3) is 3.41. The molecule has 0 heterocycles. The van der Waals surface area contributed by atoms with Gasteiger partial charge in [-0.15, -0.1) is 0 Å². The first-order valence-corrected chi connectivity index (χ1v) is 5.54. The van der Waals surface area contributed by atoms with Gasteiger partial charge in [0.15, 0.2) is 0 Å². The number of urea groups is 1. The molecule has 0 atom stereocenters. The van der Waals surface area contributed by atoms with Gasteiger partial charge in [-0.2, -0.15) is 0 Å². The molecule has 96 valence electrons. The zero-order chi connectivity index (χ0) is 13.1. The predicted octanol–water partition coefficient (Wildman–Crippen LogP) is 2.27. The standard InChI is InChI=1S/C11H12FN3O3/c12-8-3-9(5-10(4-8)15(17)18)14-11(16)13-6-7-1-2-7/h3-5,7H,1-2,6H2,(H2,13,14,16). The van der Waals surface area contributed by atoms with Crippen molar-refractivity contribution in [3.63, 3.8) is 0 Å². The molecule has 6 nitrogen and oxygen atoms in total. The first kappa shape index (κ1) is 12.3. The van der Waals surface area contributed by atoms with Crippen LogP contribution in [0.1, 0.15) is 12.8 Å². The number of nitrogens with one attached hydrogen (secondary N) is 2. The summed E-state index contributed by atoms with van der Waals surface area (Å²) in [5.74, 6) is -0.237. The van der Waals surface area contributed by atoms with Crippen LogP contribution < -0.4 is 10.6 Å². The van der Waals surface area contributed by atoms with Crippen LogP contribution in [0.5, 0.6) is 0 Å². The summed E-state index contributed by atoms with van der Waals surface area (Å²) >= 11 is 0. The van der Waals surface area contributed by atoms with Crippen molar-refractivity contribution in [1.82, 2.24) is 5.32 Å². The van der Waals surface area contributed by atoms with Crippen molar-refractivity contribution >= 4 is 17.4 Å². The summed E-state index contributed by atoms with van der Waals surface area (Å²) in [6.45, 7) is 0.573. The first-order valence-electron chi connectivity index (χ1n) is 5.54. The SMILES string of the molecule is O=C(NCC1CC1)Nc1cc(F)cc([N+](=O)[O-])c1. The number of carbonyl (C=O) groups excluding carboxylic acids is 1. The second-order valence-corrected chi connectivity index (χ2v) is 4.23. The molecule has 2 N–H and O–H groups in total. The van der Waals surface area contributed by atoms with Crippen LogP contribution in [0.2, 0.25) is 0 Å². The van der Waals surface area contributed by atoms with Crippen LogP contribution in [0.25, 0.3) is 0 Å². The van der Waals surface area contributed by atoms with Gasteiger partial charge < -0.3 is 10.6 Å². The highest BCUT2D eigenvalue weighted by molar-refractivity contribution is 5.89. The lowest BCUT2D eigenvalue weighted by molar-refractivity contribution is -0.385. The van der Waals surface area contributed by atoms with E-state index in [0.29, 0.717) is 12.5 Å². The van der Waals surface area contributed by atoms with Gasteiger partial charge in [0.1, 0.15) is 5.82 Å². The molecule has 1 fully saturated rings. The number of anilines is 1. The maximum absolute atomic E-state index is 13.1. The lowest BCUT2D eigenvalue weighted by Gasteiger charge is -2.06. The van der Waals surface area contributed by atoms with Crippen LogP contribution in [0.15, 0.2) is 18.2 Å². The van der Waals surface area contributed by atoms with Crippen molar-refractivity contribution in [2.24, 2.45) is 5.92 Å². The van der Waals surface area contributed by atoms with E-state index in [1.54, 1.807) is 0 Å². The van der Waals surface area contributed by atoms with Gasteiger partial charge in [-0.3, -0.25) is 10.1 Å². The molecular weight excluding hydrogens is 241 g/mol. The fraction of sp³-hybridized carbons (Fsp3) is 0.364. The molecule has 18 heavy (non-hydrogen) atoms. The van der Waals surface area contributed by atoms with E-state index in [0.717, 1.165) is 31.0 Å². The molecule has 2 amide bonds. The van der Waals surface area contributed by atoms with Crippen LogP contribution in [0.4, 0.5) is 20.6 Å². The Bertz CT molecular complexity index is 488. The summed E-state index contributed by atoms with van der Waals surface area (Å²) in [7, 11) is 0. The highest BCUT2D eigenvalue weighted by Gasteiger charge is 2.21. The molecule has 1 aromatic rings. The van der Waals surface area contributed by atoms with E-state index in [-0.39, 0.29) is 5.69 Å². The normalized spacial score (nSPS) is 14.1. The topological polar surface area (TPSA) is 84.3 Å². The molecule has 7 heteroatoms. The fourth-order valence-corrected chi connectivity index (χ4v) is 1.49. The molecule has 1 aliphatic rings. The summed E-state index contributed by atoms with van der Waals surface area (Å²) in [6.07, 6.45) is 2.21. The van der Waals surface area contributed by atoms with Crippen molar-refractivity contribution < 1.29 is 14.1 Å². The van der Waals surface area contributed by atoms with Crippen molar-refractivity contribution in [2.75, 3.05) is 11.9 Å². The van der Waals surface area contributed by atoms with Gasteiger partial charge in [-0.25, -0.2) is 9.18 Å². The van der Waals surface area contributed by atoms with E-state index >= 15 is 0 Å². The van der Waals surface area contributed by atoms with E-state index in [1.807, 2.05) is 0 Å². The number of nitrogens with zero attached hydrogens (tertiary/aromatic N) is 1. The minimum absolute atomic E-state index is 0.0648. The van der Waals surface area contributed by atoms with E-state index in [4.69, 9.17) is 0 Å². The number of hydrogen-bond acceptors (Lipinski definition) is 3. The lowest BCUT2D eigenvalue weighted by Crippen LogP contribution is -2.30. The number of rotatable bonds is 4. The predicted molar refractivity (Wildman–Crippen MR) is 62.8 cm³/mol. The van der Waals surface area contributed by atoms with Gasteiger partial charge in [-0.05, 0) is 24.8 Å². The van der Waals surface area contributed by atoms with E-state index in [1.165, 1.54) is 0 Å². The van der Waals surface area contributed by atoms with Crippen LogP contribution in [-0.4, -0.2) is 17.5 Å².